The van der Waals surface area contributed by atoms with Gasteiger partial charge in [-0.05, 0) is 78.5 Å². The second-order valence-electron chi connectivity index (χ2n) is 12.4. The SMILES string of the molecule is C[Si](C)(C)c1ccc(C23CC4CC(CC(C4)C2CP)C3)c(CP(c2cnccn2)c2cnccn2)c1. The van der Waals surface area contributed by atoms with Crippen LogP contribution < -0.4 is 16.1 Å². The van der Waals surface area contributed by atoms with Crippen molar-refractivity contribution in [3.63, 3.8) is 0 Å². The van der Waals surface area contributed by atoms with Gasteiger partial charge < -0.3 is 0 Å². The van der Waals surface area contributed by atoms with E-state index in [0.29, 0.717) is 5.41 Å². The van der Waals surface area contributed by atoms with E-state index >= 15 is 0 Å². The summed E-state index contributed by atoms with van der Waals surface area (Å²) in [5.41, 5.74) is 5.62. The van der Waals surface area contributed by atoms with Gasteiger partial charge in [-0.2, -0.15) is 0 Å². The highest BCUT2D eigenvalue weighted by molar-refractivity contribution is 7.71. The molecule has 1 aromatic carbocycles. The van der Waals surface area contributed by atoms with Gasteiger partial charge in [-0.1, -0.05) is 43.0 Å². The summed E-state index contributed by atoms with van der Waals surface area (Å²) in [6.45, 7) is 7.41. The number of benzene rings is 1. The Kier molecular flexibility index (Phi) is 6.64. The second-order valence-corrected chi connectivity index (χ2v) is 20.1. The van der Waals surface area contributed by atoms with Gasteiger partial charge in [0.2, 0.25) is 0 Å². The molecule has 0 saturated heterocycles. The lowest BCUT2D eigenvalue weighted by atomic mass is 9.43. The van der Waals surface area contributed by atoms with E-state index in [9.17, 15) is 0 Å². The predicted octanol–water partition coefficient (Wildman–Crippen LogP) is 5.01. The van der Waals surface area contributed by atoms with Crippen LogP contribution in [0.1, 0.15) is 43.2 Å². The zero-order chi connectivity index (χ0) is 24.9. The maximum atomic E-state index is 4.78. The minimum Gasteiger partial charge on any atom is -0.261 e. The molecule has 2 aromatic heterocycles. The third-order valence-corrected chi connectivity index (χ3v) is 14.0. The lowest BCUT2D eigenvalue weighted by Gasteiger charge is -2.62. The van der Waals surface area contributed by atoms with Crippen molar-refractivity contribution in [2.45, 2.75) is 63.3 Å². The average molecular weight is 533 g/mol. The molecular weight excluding hydrogens is 494 g/mol. The standard InChI is InChI=1S/C29H38N4P2Si/c1-36(2,3)24-4-5-25(29-14-20-10-21(15-29)12-22(11-20)26(29)18-34)23(13-24)19-35(27-16-30-6-8-32-27)28-17-31-7-9-33-28/h4-9,13,16-17,20-22,26H,10-12,14-15,18-19,34H2,1-3H3. The van der Waals surface area contributed by atoms with E-state index in [1.54, 1.807) is 28.7 Å². The third kappa shape index (κ3) is 4.40. The number of hydrogen-bond acceptors (Lipinski definition) is 4. The van der Waals surface area contributed by atoms with Crippen molar-refractivity contribution >= 4 is 41.3 Å². The van der Waals surface area contributed by atoms with Crippen molar-refractivity contribution in [1.29, 1.82) is 0 Å². The van der Waals surface area contributed by atoms with Crippen LogP contribution in [-0.2, 0) is 11.6 Å². The third-order valence-electron chi connectivity index (χ3n) is 9.27. The van der Waals surface area contributed by atoms with E-state index in [2.05, 4.69) is 57.0 Å². The minimum atomic E-state index is -1.46. The molecular formula is C29H38N4P2Si. The molecule has 4 saturated carbocycles. The number of hydrogen-bond donors (Lipinski definition) is 0. The van der Waals surface area contributed by atoms with Crippen LogP contribution in [0.25, 0.3) is 0 Å². The quantitative estimate of drug-likeness (QED) is 0.317. The maximum Gasteiger partial charge on any atom is 0.0877 e. The highest BCUT2D eigenvalue weighted by Crippen LogP contribution is 2.64. The molecule has 0 spiro atoms. The van der Waals surface area contributed by atoms with Crippen molar-refractivity contribution in [2.24, 2.45) is 23.7 Å². The Bertz CT molecular complexity index is 1160. The van der Waals surface area contributed by atoms with Crippen LogP contribution in [0.2, 0.25) is 19.6 Å². The smallest absolute Gasteiger partial charge is 0.0877 e. The number of aromatic nitrogens is 4. The van der Waals surface area contributed by atoms with Gasteiger partial charge in [-0.25, -0.2) is 0 Å². The minimum absolute atomic E-state index is 0.329. The zero-order valence-electron chi connectivity index (χ0n) is 21.8. The summed E-state index contributed by atoms with van der Waals surface area (Å²) in [5.74, 6) is 3.52. The van der Waals surface area contributed by atoms with Gasteiger partial charge in [-0.3, -0.25) is 19.9 Å². The molecule has 4 nitrogen and oxygen atoms in total. The van der Waals surface area contributed by atoms with E-state index in [-0.39, 0.29) is 0 Å². The van der Waals surface area contributed by atoms with E-state index in [1.165, 1.54) is 38.3 Å². The normalized spacial score (nSPS) is 29.1. The molecule has 0 N–H and O–H groups in total. The van der Waals surface area contributed by atoms with Gasteiger partial charge >= 0.3 is 0 Å². The highest BCUT2D eigenvalue weighted by Gasteiger charge is 2.57. The maximum absolute atomic E-state index is 4.78. The van der Waals surface area contributed by atoms with Gasteiger partial charge in [0.15, 0.2) is 0 Å². The van der Waals surface area contributed by atoms with Crippen molar-refractivity contribution in [2.75, 3.05) is 6.16 Å². The molecule has 36 heavy (non-hydrogen) atoms. The van der Waals surface area contributed by atoms with E-state index in [4.69, 9.17) is 9.97 Å². The van der Waals surface area contributed by atoms with E-state index < -0.39 is 16.0 Å². The fourth-order valence-corrected chi connectivity index (χ4v) is 12.0. The lowest BCUT2D eigenvalue weighted by Crippen LogP contribution is -2.56. The fourth-order valence-electron chi connectivity index (χ4n) is 7.97. The molecule has 0 aliphatic heterocycles. The largest absolute Gasteiger partial charge is 0.261 e. The molecule has 4 aliphatic rings. The van der Waals surface area contributed by atoms with Crippen molar-refractivity contribution in [1.82, 2.24) is 19.9 Å². The van der Waals surface area contributed by atoms with Crippen LogP contribution in [-0.4, -0.2) is 34.2 Å². The Morgan fingerprint density at radius 2 is 1.56 bits per heavy atom. The Labute approximate surface area is 220 Å². The highest BCUT2D eigenvalue weighted by atomic mass is 31.1. The van der Waals surface area contributed by atoms with E-state index in [0.717, 1.165) is 40.7 Å². The molecule has 3 aromatic rings. The molecule has 0 amide bonds. The summed E-state index contributed by atoms with van der Waals surface area (Å²) in [4.78, 5) is 18.4. The monoisotopic (exact) mass is 532 g/mol. The predicted molar refractivity (Wildman–Crippen MR) is 157 cm³/mol. The van der Waals surface area contributed by atoms with Crippen LogP contribution >= 0.6 is 17.2 Å². The molecule has 188 valence electrons. The Balaban J connectivity index is 1.50. The number of nitrogens with zero attached hydrogens (tertiary/aromatic N) is 4. The number of rotatable bonds is 7. The van der Waals surface area contributed by atoms with Crippen LogP contribution in [0, 0.1) is 23.7 Å². The second kappa shape index (κ2) is 9.64. The Morgan fingerprint density at radius 1 is 0.917 bits per heavy atom. The summed E-state index contributed by atoms with van der Waals surface area (Å²) < 4.78 is 0. The van der Waals surface area contributed by atoms with Gasteiger partial charge in [0.1, 0.15) is 0 Å². The first-order chi connectivity index (χ1) is 17.4. The zero-order valence-corrected chi connectivity index (χ0v) is 24.8. The molecule has 7 rings (SSSR count). The first-order valence-electron chi connectivity index (χ1n) is 13.5. The van der Waals surface area contributed by atoms with Crippen LogP contribution in [0.3, 0.4) is 0 Å². The summed E-state index contributed by atoms with van der Waals surface area (Å²) in [7, 11) is 0.891. The molecule has 2 heterocycles. The molecule has 4 bridgehead atoms. The van der Waals surface area contributed by atoms with Crippen LogP contribution in [0.5, 0.6) is 0 Å². The average Bonchev–Trinajstić information content (AvgIpc) is 2.87. The topological polar surface area (TPSA) is 51.6 Å². The molecule has 4 unspecified atom stereocenters. The van der Waals surface area contributed by atoms with Crippen molar-refractivity contribution in [3.05, 3.63) is 66.5 Å². The van der Waals surface area contributed by atoms with Gasteiger partial charge in [-0.15, -0.1) is 9.24 Å². The molecule has 0 radical (unpaired) electrons. The molecule has 7 heteroatoms. The van der Waals surface area contributed by atoms with Gasteiger partial charge in [0.05, 0.1) is 31.3 Å². The molecule has 4 atom stereocenters. The first-order valence-corrected chi connectivity index (χ1v) is 19.4. The van der Waals surface area contributed by atoms with Gasteiger partial charge in [0.25, 0.3) is 0 Å². The fraction of sp³-hybridized carbons (Fsp3) is 0.517. The van der Waals surface area contributed by atoms with Crippen molar-refractivity contribution < 1.29 is 0 Å². The Morgan fingerprint density at radius 3 is 2.08 bits per heavy atom. The van der Waals surface area contributed by atoms with Crippen LogP contribution in [0.15, 0.2) is 55.4 Å². The summed E-state index contributed by atoms with van der Waals surface area (Å²) in [6.07, 6.45) is 20.4. The van der Waals surface area contributed by atoms with Crippen molar-refractivity contribution in [3.8, 4) is 0 Å². The van der Waals surface area contributed by atoms with Gasteiger partial charge in [0, 0.05) is 38.9 Å². The molecule has 4 aliphatic carbocycles. The summed E-state index contributed by atoms with van der Waals surface area (Å²) in [6, 6.07) is 7.67. The first kappa shape index (κ1) is 24.8. The van der Waals surface area contributed by atoms with Crippen LogP contribution in [0.4, 0.5) is 0 Å². The Hall–Kier alpha value is -1.54. The summed E-state index contributed by atoms with van der Waals surface area (Å²) in [5, 5.41) is 1.56. The summed E-state index contributed by atoms with van der Waals surface area (Å²) >= 11 is 0. The lowest BCUT2D eigenvalue weighted by molar-refractivity contribution is -0.0520. The molecule has 4 fully saturated rings. The van der Waals surface area contributed by atoms with E-state index in [1.807, 2.05) is 24.8 Å².